The van der Waals surface area contributed by atoms with Crippen molar-refractivity contribution in [1.82, 2.24) is 20.0 Å². The summed E-state index contributed by atoms with van der Waals surface area (Å²) in [6.45, 7) is 6.10. The first kappa shape index (κ1) is 16.9. The van der Waals surface area contributed by atoms with Gasteiger partial charge in [-0.2, -0.15) is 5.10 Å². The Balaban J connectivity index is 1.35. The van der Waals surface area contributed by atoms with Gasteiger partial charge in [0, 0.05) is 50.4 Å². The molecule has 0 atom stereocenters. The molecule has 0 unspecified atom stereocenters. The van der Waals surface area contributed by atoms with Crippen LogP contribution >= 0.6 is 0 Å². The van der Waals surface area contributed by atoms with E-state index in [9.17, 15) is 4.39 Å². The third-order valence-corrected chi connectivity index (χ3v) is 4.96. The number of nitrogens with zero attached hydrogens (tertiary/aromatic N) is 3. The Morgan fingerprint density at radius 3 is 2.19 bits per heavy atom. The third kappa shape index (κ3) is 4.00. The fraction of sp³-hybridized carbons (Fsp3) is 0.286. The van der Waals surface area contributed by atoms with Crippen LogP contribution in [0.15, 0.2) is 60.8 Å². The third-order valence-electron chi connectivity index (χ3n) is 4.96. The monoisotopic (exact) mass is 350 g/mol. The molecule has 3 aromatic rings. The van der Waals surface area contributed by atoms with Crippen LogP contribution in [-0.4, -0.2) is 46.2 Å². The van der Waals surface area contributed by atoms with Crippen LogP contribution in [0.1, 0.15) is 11.1 Å². The number of rotatable bonds is 5. The lowest BCUT2D eigenvalue weighted by Gasteiger charge is -2.34. The number of aromatic amines is 1. The van der Waals surface area contributed by atoms with E-state index < -0.39 is 0 Å². The molecule has 2 heterocycles. The predicted molar refractivity (Wildman–Crippen MR) is 101 cm³/mol. The first-order valence-electron chi connectivity index (χ1n) is 9.05. The molecule has 0 amide bonds. The molecule has 0 radical (unpaired) electrons. The van der Waals surface area contributed by atoms with Crippen molar-refractivity contribution in [2.45, 2.75) is 13.1 Å². The molecule has 2 aromatic carbocycles. The highest BCUT2D eigenvalue weighted by atomic mass is 19.1. The molecule has 1 aliphatic rings. The van der Waals surface area contributed by atoms with Gasteiger partial charge in [0.1, 0.15) is 5.82 Å². The molecule has 4 nitrogen and oxygen atoms in total. The first-order chi connectivity index (χ1) is 12.8. The molecule has 0 saturated carbocycles. The number of piperazine rings is 1. The van der Waals surface area contributed by atoms with Crippen LogP contribution in [0.4, 0.5) is 4.39 Å². The molecule has 134 valence electrons. The lowest BCUT2D eigenvalue weighted by molar-refractivity contribution is 0.122. The second-order valence-corrected chi connectivity index (χ2v) is 6.82. The molecule has 0 spiro atoms. The van der Waals surface area contributed by atoms with E-state index in [2.05, 4.69) is 50.3 Å². The van der Waals surface area contributed by atoms with E-state index in [-0.39, 0.29) is 5.82 Å². The standard InChI is InChI=1S/C21H23FN4/c22-20-8-6-18(7-9-20)21-19(14-23-24-21)16-26-12-10-25(11-13-26)15-17-4-2-1-3-5-17/h1-9,14H,10-13,15-16H2,(H,23,24). The molecule has 5 heteroatoms. The van der Waals surface area contributed by atoms with Crippen LogP contribution in [0.2, 0.25) is 0 Å². The van der Waals surface area contributed by atoms with Crippen LogP contribution < -0.4 is 0 Å². The summed E-state index contributed by atoms with van der Waals surface area (Å²) in [5, 5.41) is 7.26. The molecule has 0 bridgehead atoms. The molecule has 0 aliphatic carbocycles. The zero-order valence-electron chi connectivity index (χ0n) is 14.7. The van der Waals surface area contributed by atoms with Crippen molar-refractivity contribution in [3.05, 3.63) is 77.7 Å². The maximum Gasteiger partial charge on any atom is 0.123 e. The highest BCUT2D eigenvalue weighted by molar-refractivity contribution is 5.62. The van der Waals surface area contributed by atoms with Gasteiger partial charge in [0.25, 0.3) is 0 Å². The Hall–Kier alpha value is -2.50. The summed E-state index contributed by atoms with van der Waals surface area (Å²) in [5.41, 5.74) is 4.49. The number of benzene rings is 2. The number of halogens is 1. The summed E-state index contributed by atoms with van der Waals surface area (Å²) in [4.78, 5) is 4.96. The Labute approximate surface area is 153 Å². The summed E-state index contributed by atoms with van der Waals surface area (Å²) in [6, 6.07) is 17.2. The second kappa shape index (κ2) is 7.81. The number of aromatic nitrogens is 2. The normalized spacial score (nSPS) is 16.0. The van der Waals surface area contributed by atoms with Crippen molar-refractivity contribution < 1.29 is 4.39 Å². The van der Waals surface area contributed by atoms with Gasteiger partial charge in [-0.3, -0.25) is 14.9 Å². The molecule has 1 N–H and O–H groups in total. The van der Waals surface area contributed by atoms with Crippen molar-refractivity contribution in [1.29, 1.82) is 0 Å². The second-order valence-electron chi connectivity index (χ2n) is 6.82. The molecule has 4 rings (SSSR count). The van der Waals surface area contributed by atoms with Gasteiger partial charge in [0.2, 0.25) is 0 Å². The number of hydrogen-bond acceptors (Lipinski definition) is 3. The van der Waals surface area contributed by atoms with E-state index in [1.807, 2.05) is 6.20 Å². The summed E-state index contributed by atoms with van der Waals surface area (Å²) in [6.07, 6.45) is 1.88. The van der Waals surface area contributed by atoms with Crippen molar-refractivity contribution in [2.75, 3.05) is 26.2 Å². The Morgan fingerprint density at radius 2 is 1.50 bits per heavy atom. The molecular weight excluding hydrogens is 327 g/mol. The SMILES string of the molecule is Fc1ccc(-c2[nH]ncc2CN2CCN(Cc3ccccc3)CC2)cc1. The Morgan fingerprint density at radius 1 is 0.846 bits per heavy atom. The zero-order chi connectivity index (χ0) is 17.8. The molecule has 1 fully saturated rings. The molecule has 26 heavy (non-hydrogen) atoms. The van der Waals surface area contributed by atoms with Crippen molar-refractivity contribution in [3.63, 3.8) is 0 Å². The first-order valence-corrected chi connectivity index (χ1v) is 9.05. The molecule has 1 saturated heterocycles. The predicted octanol–water partition coefficient (Wildman–Crippen LogP) is 3.53. The topological polar surface area (TPSA) is 35.2 Å². The highest BCUT2D eigenvalue weighted by Gasteiger charge is 2.19. The molecule has 1 aliphatic heterocycles. The average molecular weight is 350 g/mol. The van der Waals surface area contributed by atoms with Crippen molar-refractivity contribution in [2.24, 2.45) is 0 Å². The number of hydrogen-bond donors (Lipinski definition) is 1. The number of nitrogens with one attached hydrogen (secondary N) is 1. The smallest absolute Gasteiger partial charge is 0.123 e. The largest absolute Gasteiger partial charge is 0.297 e. The maximum atomic E-state index is 13.2. The molecular formula is C21H23FN4. The van der Waals surface area contributed by atoms with E-state index in [0.717, 1.165) is 56.1 Å². The summed E-state index contributed by atoms with van der Waals surface area (Å²) < 4.78 is 13.2. The van der Waals surface area contributed by atoms with Crippen LogP contribution in [0.5, 0.6) is 0 Å². The maximum absolute atomic E-state index is 13.2. The summed E-state index contributed by atoms with van der Waals surface area (Å²) >= 11 is 0. The van der Waals surface area contributed by atoms with E-state index in [1.54, 1.807) is 12.1 Å². The fourth-order valence-electron chi connectivity index (χ4n) is 3.49. The van der Waals surface area contributed by atoms with Gasteiger partial charge in [0.15, 0.2) is 0 Å². The van der Waals surface area contributed by atoms with Crippen molar-refractivity contribution in [3.8, 4) is 11.3 Å². The quantitative estimate of drug-likeness (QED) is 0.764. The minimum Gasteiger partial charge on any atom is -0.297 e. The van der Waals surface area contributed by atoms with Crippen LogP contribution in [0.25, 0.3) is 11.3 Å². The van der Waals surface area contributed by atoms with Crippen LogP contribution in [0, 0.1) is 5.82 Å². The van der Waals surface area contributed by atoms with Gasteiger partial charge in [0.05, 0.1) is 11.9 Å². The van der Waals surface area contributed by atoms with Crippen LogP contribution in [-0.2, 0) is 13.1 Å². The highest BCUT2D eigenvalue weighted by Crippen LogP contribution is 2.23. The zero-order valence-corrected chi connectivity index (χ0v) is 14.7. The van der Waals surface area contributed by atoms with Crippen LogP contribution in [0.3, 0.4) is 0 Å². The van der Waals surface area contributed by atoms with E-state index in [1.165, 1.54) is 17.7 Å². The van der Waals surface area contributed by atoms with Gasteiger partial charge in [-0.15, -0.1) is 0 Å². The van der Waals surface area contributed by atoms with E-state index in [0.29, 0.717) is 0 Å². The lowest BCUT2D eigenvalue weighted by Crippen LogP contribution is -2.45. The Kier molecular flexibility index (Phi) is 5.09. The minimum atomic E-state index is -0.218. The van der Waals surface area contributed by atoms with E-state index in [4.69, 9.17) is 0 Å². The van der Waals surface area contributed by atoms with Gasteiger partial charge >= 0.3 is 0 Å². The van der Waals surface area contributed by atoms with Gasteiger partial charge < -0.3 is 0 Å². The average Bonchev–Trinajstić information content (AvgIpc) is 3.13. The Bertz CT molecular complexity index is 821. The summed E-state index contributed by atoms with van der Waals surface area (Å²) in [5.74, 6) is -0.218. The van der Waals surface area contributed by atoms with Gasteiger partial charge in [-0.25, -0.2) is 4.39 Å². The lowest BCUT2D eigenvalue weighted by atomic mass is 10.1. The fourth-order valence-corrected chi connectivity index (χ4v) is 3.49. The van der Waals surface area contributed by atoms with Crippen molar-refractivity contribution >= 4 is 0 Å². The molecule has 1 aromatic heterocycles. The van der Waals surface area contributed by atoms with Gasteiger partial charge in [-0.1, -0.05) is 30.3 Å². The van der Waals surface area contributed by atoms with Gasteiger partial charge in [-0.05, 0) is 29.8 Å². The number of H-pyrrole nitrogens is 1. The summed E-state index contributed by atoms with van der Waals surface area (Å²) in [7, 11) is 0. The van der Waals surface area contributed by atoms with E-state index >= 15 is 0 Å². The minimum absolute atomic E-state index is 0.218.